The number of allylic oxidation sites excluding steroid dienone is 2. The highest BCUT2D eigenvalue weighted by molar-refractivity contribution is 6.07. The largest absolute Gasteiger partial charge is 0.493 e. The van der Waals surface area contributed by atoms with Crippen molar-refractivity contribution < 1.29 is 19.0 Å². The second kappa shape index (κ2) is 10.6. The summed E-state index contributed by atoms with van der Waals surface area (Å²) in [5.41, 5.74) is 4.24. The molecule has 1 amide bonds. The molecule has 5 rings (SSSR count). The minimum absolute atomic E-state index is 0.0674. The third-order valence-corrected chi connectivity index (χ3v) is 7.13. The molecule has 3 aliphatic rings. The molecule has 2 heterocycles. The van der Waals surface area contributed by atoms with Gasteiger partial charge in [-0.15, -0.1) is 0 Å². The molecule has 2 aliphatic heterocycles. The normalized spacial score (nSPS) is 22.5. The Bertz CT molecular complexity index is 1110. The number of carbonyl (C=O) groups excluding carboxylic acids is 1. The van der Waals surface area contributed by atoms with E-state index in [0.717, 1.165) is 62.5 Å². The van der Waals surface area contributed by atoms with Crippen LogP contribution >= 0.6 is 0 Å². The van der Waals surface area contributed by atoms with E-state index in [-0.39, 0.29) is 17.7 Å². The minimum atomic E-state index is -0.0961. The minimum Gasteiger partial charge on any atom is -0.493 e. The zero-order valence-corrected chi connectivity index (χ0v) is 20.5. The second-order valence-electron chi connectivity index (χ2n) is 9.31. The number of hydrogen-bond donors (Lipinski definition) is 0. The molecule has 0 saturated carbocycles. The molecule has 2 aromatic carbocycles. The lowest BCUT2D eigenvalue weighted by atomic mass is 9.76. The summed E-state index contributed by atoms with van der Waals surface area (Å²) >= 11 is 0. The third-order valence-electron chi connectivity index (χ3n) is 7.13. The van der Waals surface area contributed by atoms with Gasteiger partial charge in [-0.25, -0.2) is 5.01 Å². The van der Waals surface area contributed by atoms with Crippen molar-refractivity contribution in [3.05, 3.63) is 71.3 Å². The molecule has 2 atom stereocenters. The van der Waals surface area contributed by atoms with Crippen molar-refractivity contribution in [2.24, 2.45) is 16.9 Å². The first-order chi connectivity index (χ1) is 17.2. The van der Waals surface area contributed by atoms with Crippen molar-refractivity contribution in [2.45, 2.75) is 25.9 Å². The van der Waals surface area contributed by atoms with Crippen molar-refractivity contribution in [2.75, 3.05) is 40.5 Å². The Balaban J connectivity index is 1.38. The van der Waals surface area contributed by atoms with E-state index >= 15 is 0 Å². The molecule has 7 nitrogen and oxygen atoms in total. The van der Waals surface area contributed by atoms with Gasteiger partial charge in [0.25, 0.3) is 0 Å². The molecular formula is C28H33N3O4. The van der Waals surface area contributed by atoms with Crippen LogP contribution in [0, 0.1) is 11.8 Å². The van der Waals surface area contributed by atoms with Crippen LogP contribution < -0.4 is 9.47 Å². The van der Waals surface area contributed by atoms with Crippen LogP contribution in [0.15, 0.2) is 59.7 Å². The van der Waals surface area contributed by atoms with Crippen molar-refractivity contribution >= 4 is 11.6 Å². The van der Waals surface area contributed by atoms with Crippen LogP contribution in [0.4, 0.5) is 0 Å². The first kappa shape index (κ1) is 23.6. The van der Waals surface area contributed by atoms with E-state index < -0.39 is 0 Å². The Morgan fingerprint density at radius 2 is 1.54 bits per heavy atom. The van der Waals surface area contributed by atoms with E-state index in [2.05, 4.69) is 41.3 Å². The summed E-state index contributed by atoms with van der Waals surface area (Å²) in [5.74, 6) is 1.41. The zero-order valence-electron chi connectivity index (χ0n) is 20.5. The van der Waals surface area contributed by atoms with Gasteiger partial charge >= 0.3 is 0 Å². The molecule has 0 N–H and O–H groups in total. The first-order valence-corrected chi connectivity index (χ1v) is 12.3. The van der Waals surface area contributed by atoms with Crippen LogP contribution in [0.25, 0.3) is 0 Å². The average molecular weight is 476 g/mol. The molecule has 1 fully saturated rings. The number of benzene rings is 2. The lowest BCUT2D eigenvalue weighted by Gasteiger charge is -2.37. The van der Waals surface area contributed by atoms with Gasteiger partial charge in [-0.05, 0) is 42.2 Å². The standard InChI is InChI=1S/C28H33N3O4/c1-33-25-12-11-22(17-26(25)34-2)27-23-5-3-4-6-24(23)28(32)31(29-27)19-21-9-7-20(8-10-21)18-30-13-15-35-16-14-30/h3-4,7-12,17,23-24H,5-6,13-16,18-19H2,1-2H3. The van der Waals surface area contributed by atoms with Crippen LogP contribution in [0.1, 0.15) is 29.5 Å². The van der Waals surface area contributed by atoms with Gasteiger partial charge in [0.2, 0.25) is 5.91 Å². The highest BCUT2D eigenvalue weighted by Gasteiger charge is 2.40. The molecular weight excluding hydrogens is 442 g/mol. The van der Waals surface area contributed by atoms with Crippen molar-refractivity contribution in [1.29, 1.82) is 0 Å². The predicted molar refractivity (Wildman–Crippen MR) is 135 cm³/mol. The van der Waals surface area contributed by atoms with Crippen LogP contribution in [0.3, 0.4) is 0 Å². The lowest BCUT2D eigenvalue weighted by molar-refractivity contribution is -0.138. The van der Waals surface area contributed by atoms with Crippen LogP contribution in [0.2, 0.25) is 0 Å². The van der Waals surface area contributed by atoms with Gasteiger partial charge in [0.1, 0.15) is 0 Å². The van der Waals surface area contributed by atoms with E-state index in [1.165, 1.54) is 5.56 Å². The van der Waals surface area contributed by atoms with E-state index in [1.54, 1.807) is 19.2 Å². The van der Waals surface area contributed by atoms with Gasteiger partial charge in [0.05, 0.1) is 45.6 Å². The van der Waals surface area contributed by atoms with E-state index in [9.17, 15) is 4.79 Å². The van der Waals surface area contributed by atoms with E-state index in [4.69, 9.17) is 19.3 Å². The predicted octanol–water partition coefficient (Wildman–Crippen LogP) is 3.86. The Morgan fingerprint density at radius 1 is 0.886 bits per heavy atom. The van der Waals surface area contributed by atoms with Gasteiger partial charge in [0.15, 0.2) is 11.5 Å². The smallest absolute Gasteiger partial charge is 0.247 e. The van der Waals surface area contributed by atoms with Crippen molar-refractivity contribution in [3.63, 3.8) is 0 Å². The number of ether oxygens (including phenoxy) is 3. The summed E-state index contributed by atoms with van der Waals surface area (Å²) in [6.45, 7) is 4.91. The zero-order chi connectivity index (χ0) is 24.2. The molecule has 1 saturated heterocycles. The molecule has 184 valence electrons. The fourth-order valence-corrected chi connectivity index (χ4v) is 5.16. The molecule has 7 heteroatoms. The summed E-state index contributed by atoms with van der Waals surface area (Å²) < 4.78 is 16.4. The summed E-state index contributed by atoms with van der Waals surface area (Å²) in [4.78, 5) is 15.8. The van der Waals surface area contributed by atoms with Gasteiger partial charge in [-0.3, -0.25) is 9.69 Å². The lowest BCUT2D eigenvalue weighted by Crippen LogP contribution is -2.45. The Morgan fingerprint density at radius 3 is 2.23 bits per heavy atom. The number of morpholine rings is 1. The summed E-state index contributed by atoms with van der Waals surface area (Å²) in [5, 5.41) is 6.56. The van der Waals surface area contributed by atoms with Gasteiger partial charge in [0, 0.05) is 31.1 Å². The molecule has 35 heavy (non-hydrogen) atoms. The van der Waals surface area contributed by atoms with Gasteiger partial charge in [-0.1, -0.05) is 36.4 Å². The maximum absolute atomic E-state index is 13.4. The molecule has 2 aromatic rings. The van der Waals surface area contributed by atoms with Gasteiger partial charge < -0.3 is 14.2 Å². The first-order valence-electron chi connectivity index (χ1n) is 12.3. The topological polar surface area (TPSA) is 63.6 Å². The van der Waals surface area contributed by atoms with E-state index in [0.29, 0.717) is 18.0 Å². The number of fused-ring (bicyclic) bond motifs is 1. The monoisotopic (exact) mass is 475 g/mol. The quantitative estimate of drug-likeness (QED) is 0.569. The number of amides is 1. The van der Waals surface area contributed by atoms with Crippen molar-refractivity contribution in [3.8, 4) is 11.5 Å². The summed E-state index contributed by atoms with van der Waals surface area (Å²) in [6, 6.07) is 14.4. The van der Waals surface area contributed by atoms with E-state index in [1.807, 2.05) is 18.2 Å². The number of carbonyl (C=O) groups is 1. The molecule has 1 aliphatic carbocycles. The third kappa shape index (κ3) is 5.11. The fourth-order valence-electron chi connectivity index (χ4n) is 5.16. The van der Waals surface area contributed by atoms with Gasteiger partial charge in [-0.2, -0.15) is 5.10 Å². The summed E-state index contributed by atoms with van der Waals surface area (Å²) in [7, 11) is 3.26. The number of hydrazone groups is 1. The summed E-state index contributed by atoms with van der Waals surface area (Å²) in [6.07, 6.45) is 5.83. The second-order valence-corrected chi connectivity index (χ2v) is 9.31. The molecule has 0 spiro atoms. The Labute approximate surface area is 207 Å². The number of hydrogen-bond acceptors (Lipinski definition) is 6. The van der Waals surface area contributed by atoms with Crippen LogP contribution in [0.5, 0.6) is 11.5 Å². The number of rotatable bonds is 7. The van der Waals surface area contributed by atoms with Crippen LogP contribution in [-0.2, 0) is 22.6 Å². The Kier molecular flexibility index (Phi) is 7.16. The maximum atomic E-state index is 13.4. The highest BCUT2D eigenvalue weighted by atomic mass is 16.5. The number of methoxy groups -OCH3 is 2. The fraction of sp³-hybridized carbons (Fsp3) is 0.429. The highest BCUT2D eigenvalue weighted by Crippen LogP contribution is 2.37. The maximum Gasteiger partial charge on any atom is 0.247 e. The van der Waals surface area contributed by atoms with Crippen LogP contribution in [-0.4, -0.2) is 62.1 Å². The molecule has 2 unspecified atom stereocenters. The Hall–Kier alpha value is -3.16. The molecule has 0 bridgehead atoms. The van der Waals surface area contributed by atoms with Crippen molar-refractivity contribution in [1.82, 2.24) is 9.91 Å². The number of nitrogens with zero attached hydrogens (tertiary/aromatic N) is 3. The molecule has 0 aromatic heterocycles. The SMILES string of the molecule is COc1ccc(C2=NN(Cc3ccc(CN4CCOCC4)cc3)C(=O)C3CC=CCC23)cc1OC. The average Bonchev–Trinajstić information content (AvgIpc) is 2.91. The molecule has 0 radical (unpaired) electrons.